The van der Waals surface area contributed by atoms with Crippen LogP contribution >= 0.6 is 22.7 Å². The van der Waals surface area contributed by atoms with E-state index in [1.54, 1.807) is 22.7 Å². The van der Waals surface area contributed by atoms with Crippen molar-refractivity contribution in [1.29, 1.82) is 0 Å². The first-order valence-electron chi connectivity index (χ1n) is 5.38. The van der Waals surface area contributed by atoms with Crippen molar-refractivity contribution in [3.63, 3.8) is 0 Å². The van der Waals surface area contributed by atoms with Crippen LogP contribution in [0.15, 0.2) is 16.8 Å². The molecule has 3 heterocycles. The van der Waals surface area contributed by atoms with Gasteiger partial charge >= 0.3 is 0 Å². The molecule has 0 radical (unpaired) electrons. The van der Waals surface area contributed by atoms with Gasteiger partial charge < -0.3 is 11.1 Å². The highest BCUT2D eigenvalue weighted by Crippen LogP contribution is 2.26. The molecule has 0 fully saturated rings. The lowest BCUT2D eigenvalue weighted by Crippen LogP contribution is -2.04. The molecule has 92 valence electrons. The molecule has 3 aromatic rings. The van der Waals surface area contributed by atoms with Crippen LogP contribution in [0.2, 0.25) is 0 Å². The molecule has 0 unspecified atom stereocenters. The fourth-order valence-corrected chi connectivity index (χ4v) is 3.05. The van der Waals surface area contributed by atoms with Crippen molar-refractivity contribution in [2.24, 2.45) is 0 Å². The first-order valence-corrected chi connectivity index (χ1v) is 7.14. The van der Waals surface area contributed by atoms with Gasteiger partial charge in [0, 0.05) is 5.38 Å². The molecule has 3 rings (SSSR count). The van der Waals surface area contributed by atoms with Crippen molar-refractivity contribution < 1.29 is 0 Å². The Hall–Kier alpha value is -1.73. The molecule has 0 bridgehead atoms. The topological polar surface area (TPSA) is 76.7 Å². The van der Waals surface area contributed by atoms with Crippen molar-refractivity contribution in [3.8, 4) is 0 Å². The second kappa shape index (κ2) is 4.51. The van der Waals surface area contributed by atoms with E-state index < -0.39 is 0 Å². The molecule has 0 saturated heterocycles. The quantitative estimate of drug-likeness (QED) is 0.769. The van der Waals surface area contributed by atoms with E-state index in [-0.39, 0.29) is 0 Å². The summed E-state index contributed by atoms with van der Waals surface area (Å²) in [5.74, 6) is 1.06. The van der Waals surface area contributed by atoms with E-state index in [2.05, 4.69) is 20.3 Å². The number of hydrogen-bond acceptors (Lipinski definition) is 7. The Bertz CT molecular complexity index is 688. The lowest BCUT2D eigenvalue weighted by atomic mass is 10.3. The van der Waals surface area contributed by atoms with E-state index in [0.29, 0.717) is 12.5 Å². The molecule has 0 aliphatic heterocycles. The van der Waals surface area contributed by atoms with Gasteiger partial charge in [0.2, 0.25) is 5.95 Å². The highest BCUT2D eigenvalue weighted by Gasteiger charge is 2.07. The van der Waals surface area contributed by atoms with E-state index in [0.717, 1.165) is 26.7 Å². The Kier molecular flexibility index (Phi) is 2.85. The molecule has 0 amide bonds. The maximum atomic E-state index is 5.69. The number of thiophene rings is 1. The SMILES string of the molecule is Cc1nc(CNc2nc(N)nc3sccc23)cs1. The fourth-order valence-electron chi connectivity index (χ4n) is 1.67. The summed E-state index contributed by atoms with van der Waals surface area (Å²) in [6.45, 7) is 2.64. The number of aryl methyl sites for hydroxylation is 1. The van der Waals surface area contributed by atoms with E-state index in [1.807, 2.05) is 23.8 Å². The summed E-state index contributed by atoms with van der Waals surface area (Å²) < 4.78 is 0. The zero-order valence-electron chi connectivity index (χ0n) is 9.67. The summed E-state index contributed by atoms with van der Waals surface area (Å²) in [4.78, 5) is 13.7. The van der Waals surface area contributed by atoms with Crippen molar-refractivity contribution in [1.82, 2.24) is 15.0 Å². The number of nitrogens with two attached hydrogens (primary N) is 1. The van der Waals surface area contributed by atoms with Crippen molar-refractivity contribution >= 4 is 44.7 Å². The van der Waals surface area contributed by atoms with Crippen LogP contribution in [0.25, 0.3) is 10.2 Å². The normalized spacial score (nSPS) is 10.9. The molecule has 0 saturated carbocycles. The average Bonchev–Trinajstić information content (AvgIpc) is 2.94. The van der Waals surface area contributed by atoms with Gasteiger partial charge in [-0.15, -0.1) is 22.7 Å². The number of hydrogen-bond donors (Lipinski definition) is 2. The van der Waals surface area contributed by atoms with Crippen molar-refractivity contribution in [2.45, 2.75) is 13.5 Å². The first kappa shape index (κ1) is 11.4. The molecule has 3 aromatic heterocycles. The number of aromatic nitrogens is 3. The number of thiazole rings is 1. The van der Waals surface area contributed by atoms with Crippen molar-refractivity contribution in [2.75, 3.05) is 11.1 Å². The van der Waals surface area contributed by atoms with Gasteiger partial charge in [-0.25, -0.2) is 9.97 Å². The van der Waals surface area contributed by atoms with Crippen LogP contribution in [0.1, 0.15) is 10.7 Å². The van der Waals surface area contributed by atoms with Crippen LogP contribution in [0, 0.1) is 6.92 Å². The minimum atomic E-state index is 0.293. The minimum Gasteiger partial charge on any atom is -0.368 e. The Balaban J connectivity index is 1.87. The molecule has 0 atom stereocenters. The molecular formula is C11H11N5S2. The maximum Gasteiger partial charge on any atom is 0.223 e. The molecule has 5 nitrogen and oxygen atoms in total. The van der Waals surface area contributed by atoms with Gasteiger partial charge in [0.05, 0.1) is 22.6 Å². The average molecular weight is 277 g/mol. The van der Waals surface area contributed by atoms with E-state index in [1.165, 1.54) is 0 Å². The second-order valence-electron chi connectivity index (χ2n) is 3.78. The molecular weight excluding hydrogens is 266 g/mol. The summed E-state index contributed by atoms with van der Waals surface area (Å²) in [7, 11) is 0. The number of nitrogens with zero attached hydrogens (tertiary/aromatic N) is 3. The van der Waals surface area contributed by atoms with Gasteiger partial charge in [-0.2, -0.15) is 4.98 Å². The Morgan fingerprint density at radius 1 is 1.28 bits per heavy atom. The number of rotatable bonds is 3. The molecule has 7 heteroatoms. The number of fused-ring (bicyclic) bond motifs is 1. The molecule has 0 aliphatic carbocycles. The molecule has 18 heavy (non-hydrogen) atoms. The Labute approximate surface area is 112 Å². The van der Waals surface area contributed by atoms with Crippen LogP contribution in [0.4, 0.5) is 11.8 Å². The fraction of sp³-hybridized carbons (Fsp3) is 0.182. The Morgan fingerprint density at radius 3 is 2.94 bits per heavy atom. The minimum absolute atomic E-state index is 0.293. The smallest absolute Gasteiger partial charge is 0.223 e. The number of nitrogen functional groups attached to an aromatic ring is 1. The summed E-state index contributed by atoms with van der Waals surface area (Å²) in [5, 5.41) is 9.35. The van der Waals surface area contributed by atoms with Gasteiger partial charge in [-0.3, -0.25) is 0 Å². The van der Waals surface area contributed by atoms with Crippen LogP contribution < -0.4 is 11.1 Å². The standard InChI is InChI=1S/C11H11N5S2/c1-6-14-7(5-18-6)4-13-9-8-2-3-17-10(8)16-11(12)15-9/h2-3,5H,4H2,1H3,(H3,12,13,15,16). The summed E-state index contributed by atoms with van der Waals surface area (Å²) in [6, 6.07) is 1.99. The van der Waals surface area contributed by atoms with Crippen LogP contribution in [-0.2, 0) is 6.54 Å². The monoisotopic (exact) mass is 277 g/mol. The lowest BCUT2D eigenvalue weighted by molar-refractivity contribution is 1.04. The van der Waals surface area contributed by atoms with Gasteiger partial charge in [-0.05, 0) is 18.4 Å². The number of nitrogens with one attached hydrogen (secondary N) is 1. The van der Waals surface area contributed by atoms with Gasteiger partial charge in [-0.1, -0.05) is 0 Å². The van der Waals surface area contributed by atoms with E-state index >= 15 is 0 Å². The van der Waals surface area contributed by atoms with E-state index in [9.17, 15) is 0 Å². The zero-order valence-corrected chi connectivity index (χ0v) is 11.3. The number of anilines is 2. The predicted octanol–water partition coefficient (Wildman–Crippen LogP) is 2.65. The summed E-state index contributed by atoms with van der Waals surface area (Å²) in [6.07, 6.45) is 0. The predicted molar refractivity (Wildman–Crippen MR) is 76.0 cm³/mol. The third-order valence-electron chi connectivity index (χ3n) is 2.45. The largest absolute Gasteiger partial charge is 0.368 e. The molecule has 0 aromatic carbocycles. The third-order valence-corrected chi connectivity index (χ3v) is 4.07. The highest BCUT2D eigenvalue weighted by atomic mass is 32.1. The highest BCUT2D eigenvalue weighted by molar-refractivity contribution is 7.16. The summed E-state index contributed by atoms with van der Waals surface area (Å²) >= 11 is 3.20. The Morgan fingerprint density at radius 2 is 2.17 bits per heavy atom. The lowest BCUT2D eigenvalue weighted by Gasteiger charge is -2.05. The van der Waals surface area contributed by atoms with Gasteiger partial charge in [0.1, 0.15) is 10.6 Å². The summed E-state index contributed by atoms with van der Waals surface area (Å²) in [5.41, 5.74) is 6.70. The van der Waals surface area contributed by atoms with Gasteiger partial charge in [0.15, 0.2) is 0 Å². The first-order chi connectivity index (χ1) is 8.72. The van der Waals surface area contributed by atoms with E-state index in [4.69, 9.17) is 5.73 Å². The van der Waals surface area contributed by atoms with Gasteiger partial charge in [0.25, 0.3) is 0 Å². The molecule has 0 aliphatic rings. The van der Waals surface area contributed by atoms with Crippen LogP contribution in [0.5, 0.6) is 0 Å². The third kappa shape index (κ3) is 2.14. The zero-order chi connectivity index (χ0) is 12.5. The maximum absolute atomic E-state index is 5.69. The van der Waals surface area contributed by atoms with Crippen LogP contribution in [-0.4, -0.2) is 15.0 Å². The van der Waals surface area contributed by atoms with Crippen LogP contribution in [0.3, 0.4) is 0 Å². The second-order valence-corrected chi connectivity index (χ2v) is 5.74. The van der Waals surface area contributed by atoms with Crippen molar-refractivity contribution in [3.05, 3.63) is 27.5 Å². The molecule has 0 spiro atoms. The molecule has 3 N–H and O–H groups in total.